The summed E-state index contributed by atoms with van der Waals surface area (Å²) in [6.07, 6.45) is 9.86. The molecule has 0 radical (unpaired) electrons. The van der Waals surface area contributed by atoms with Crippen molar-refractivity contribution in [2.45, 2.75) is 83.5 Å². The molecule has 0 spiro atoms. The second kappa shape index (κ2) is 9.30. The first-order chi connectivity index (χ1) is 12.5. The molecule has 2 fully saturated rings. The molecule has 4 atom stereocenters. The van der Waals surface area contributed by atoms with Crippen molar-refractivity contribution in [1.29, 1.82) is 0 Å². The van der Waals surface area contributed by atoms with Gasteiger partial charge in [0.1, 0.15) is 0 Å². The molecule has 0 aliphatic heterocycles. The van der Waals surface area contributed by atoms with Crippen molar-refractivity contribution in [3.05, 3.63) is 30.3 Å². The Balaban J connectivity index is 1.83. The molecule has 1 aromatic rings. The van der Waals surface area contributed by atoms with Gasteiger partial charge in [-0.2, -0.15) is 0 Å². The molecule has 0 N–H and O–H groups in total. The van der Waals surface area contributed by atoms with E-state index in [1.807, 2.05) is 30.3 Å². The van der Waals surface area contributed by atoms with Gasteiger partial charge in [-0.15, -0.1) is 0 Å². The highest BCUT2D eigenvalue weighted by Crippen LogP contribution is 2.64. The maximum Gasteiger partial charge on any atom is 0.287 e. The average molecular weight is 395 g/mol. The van der Waals surface area contributed by atoms with E-state index in [0.717, 1.165) is 11.7 Å². The molecule has 146 valence electrons. The number of hydrogen-bond acceptors (Lipinski definition) is 3. The van der Waals surface area contributed by atoms with Crippen molar-refractivity contribution in [3.8, 4) is 0 Å². The summed E-state index contributed by atoms with van der Waals surface area (Å²) in [5.41, 5.74) is 0. The van der Waals surface area contributed by atoms with Gasteiger partial charge in [-0.05, 0) is 55.6 Å². The Morgan fingerprint density at radius 3 is 2.38 bits per heavy atom. The van der Waals surface area contributed by atoms with E-state index < -0.39 is 6.57 Å². The van der Waals surface area contributed by atoms with Gasteiger partial charge in [0.15, 0.2) is 0 Å². The maximum absolute atomic E-state index is 14.2. The van der Waals surface area contributed by atoms with E-state index in [9.17, 15) is 4.57 Å². The molecule has 0 saturated heterocycles. The smallest absolute Gasteiger partial charge is 0.287 e. The third-order valence-electron chi connectivity index (χ3n) is 6.15. The monoisotopic (exact) mass is 394 g/mol. The van der Waals surface area contributed by atoms with Gasteiger partial charge in [0.2, 0.25) is 0 Å². The van der Waals surface area contributed by atoms with Crippen molar-refractivity contribution >= 4 is 23.3 Å². The topological polar surface area (TPSA) is 26.3 Å². The van der Waals surface area contributed by atoms with E-state index >= 15 is 0 Å². The van der Waals surface area contributed by atoms with Gasteiger partial charge in [0, 0.05) is 10.6 Å². The quantitative estimate of drug-likeness (QED) is 0.484. The van der Waals surface area contributed by atoms with E-state index in [2.05, 4.69) is 20.8 Å². The number of benzene rings is 1. The van der Waals surface area contributed by atoms with Crippen LogP contribution in [0.5, 0.6) is 0 Å². The van der Waals surface area contributed by atoms with Crippen LogP contribution in [0.25, 0.3) is 0 Å². The van der Waals surface area contributed by atoms with Gasteiger partial charge >= 0.3 is 0 Å². The first-order valence-electron chi connectivity index (χ1n) is 10.5. The molecular formula is C22H35O2PS. The SMILES string of the molecule is CC(C)[C@@H]1CC[C@@H](C)C[C@H]1OP(=O)(SC1CCCCC1)c1ccccc1. The zero-order valence-corrected chi connectivity index (χ0v) is 18.3. The molecule has 2 nitrogen and oxygen atoms in total. The van der Waals surface area contributed by atoms with Crippen molar-refractivity contribution < 1.29 is 9.09 Å². The summed E-state index contributed by atoms with van der Waals surface area (Å²) in [7, 11) is 0. The Bertz CT molecular complexity index is 597. The number of hydrogen-bond donors (Lipinski definition) is 0. The second-order valence-electron chi connectivity index (χ2n) is 8.67. The molecule has 0 heterocycles. The predicted molar refractivity (Wildman–Crippen MR) is 114 cm³/mol. The summed E-state index contributed by atoms with van der Waals surface area (Å²) in [4.78, 5) is 0. The summed E-state index contributed by atoms with van der Waals surface area (Å²) in [6, 6.07) is 10.0. The summed E-state index contributed by atoms with van der Waals surface area (Å²) in [5.74, 6) is 1.77. The zero-order valence-electron chi connectivity index (χ0n) is 16.6. The summed E-state index contributed by atoms with van der Waals surface area (Å²) < 4.78 is 20.8. The lowest BCUT2D eigenvalue weighted by molar-refractivity contribution is 0.0526. The molecule has 2 aliphatic carbocycles. The molecule has 2 saturated carbocycles. The molecule has 0 aromatic heterocycles. The Labute approximate surface area is 164 Å². The van der Waals surface area contributed by atoms with Crippen molar-refractivity contribution in [2.24, 2.45) is 17.8 Å². The van der Waals surface area contributed by atoms with Crippen LogP contribution in [0.15, 0.2) is 30.3 Å². The van der Waals surface area contributed by atoms with Crippen molar-refractivity contribution in [2.75, 3.05) is 0 Å². The zero-order chi connectivity index (χ0) is 18.6. The molecule has 1 unspecified atom stereocenters. The lowest BCUT2D eigenvalue weighted by atomic mass is 9.75. The Hall–Kier alpha value is -0.240. The lowest BCUT2D eigenvalue weighted by Crippen LogP contribution is -2.34. The largest absolute Gasteiger partial charge is 0.314 e. The van der Waals surface area contributed by atoms with E-state index in [1.54, 1.807) is 11.4 Å². The van der Waals surface area contributed by atoms with Crippen LogP contribution in [0.2, 0.25) is 0 Å². The van der Waals surface area contributed by atoms with Gasteiger partial charge in [0.05, 0.1) is 6.10 Å². The maximum atomic E-state index is 14.2. The summed E-state index contributed by atoms with van der Waals surface area (Å²) >= 11 is 1.66. The molecule has 3 rings (SSSR count). The third-order valence-corrected chi connectivity index (χ3v) is 11.3. The first-order valence-corrected chi connectivity index (χ1v) is 13.6. The van der Waals surface area contributed by atoms with E-state index in [-0.39, 0.29) is 6.10 Å². The van der Waals surface area contributed by atoms with Crippen LogP contribution in [0.3, 0.4) is 0 Å². The predicted octanol–water partition coefficient (Wildman–Crippen LogP) is 7.05. The Morgan fingerprint density at radius 2 is 1.73 bits per heavy atom. The van der Waals surface area contributed by atoms with Gasteiger partial charge in [0.25, 0.3) is 6.57 Å². The number of rotatable bonds is 6. The molecule has 1 aromatic carbocycles. The molecule has 0 bridgehead atoms. The van der Waals surface area contributed by atoms with Crippen LogP contribution in [0.1, 0.15) is 72.1 Å². The highest BCUT2D eigenvalue weighted by atomic mass is 32.7. The minimum absolute atomic E-state index is 0.126. The molecule has 0 amide bonds. The van der Waals surface area contributed by atoms with E-state index in [0.29, 0.717) is 23.0 Å². The summed E-state index contributed by atoms with van der Waals surface area (Å²) in [6.45, 7) is 4.00. The van der Waals surface area contributed by atoms with Crippen LogP contribution in [-0.2, 0) is 9.09 Å². The van der Waals surface area contributed by atoms with Gasteiger partial charge in [-0.1, -0.05) is 76.0 Å². The van der Waals surface area contributed by atoms with Crippen LogP contribution in [0, 0.1) is 17.8 Å². The van der Waals surface area contributed by atoms with Crippen LogP contribution < -0.4 is 5.30 Å². The molecule has 4 heteroatoms. The van der Waals surface area contributed by atoms with E-state index in [4.69, 9.17) is 4.52 Å². The fraction of sp³-hybridized carbons (Fsp3) is 0.727. The minimum atomic E-state index is -2.90. The molecule has 2 aliphatic rings. The Kier molecular flexibility index (Phi) is 7.33. The fourth-order valence-corrected chi connectivity index (χ4v) is 9.93. The van der Waals surface area contributed by atoms with Gasteiger partial charge in [-0.25, -0.2) is 0 Å². The fourth-order valence-electron chi connectivity index (χ4n) is 4.54. The highest BCUT2D eigenvalue weighted by molar-refractivity contribution is 8.59. The highest BCUT2D eigenvalue weighted by Gasteiger charge is 2.39. The van der Waals surface area contributed by atoms with Crippen molar-refractivity contribution in [1.82, 2.24) is 0 Å². The van der Waals surface area contributed by atoms with Gasteiger partial charge < -0.3 is 4.52 Å². The van der Waals surface area contributed by atoms with Crippen LogP contribution in [0.4, 0.5) is 0 Å². The Morgan fingerprint density at radius 1 is 1.04 bits per heavy atom. The normalized spacial score (nSPS) is 30.2. The van der Waals surface area contributed by atoms with Crippen LogP contribution in [-0.4, -0.2) is 11.4 Å². The first kappa shape index (κ1) is 20.5. The van der Waals surface area contributed by atoms with Crippen LogP contribution >= 0.6 is 18.0 Å². The second-order valence-corrected chi connectivity index (χ2v) is 13.3. The molecular weight excluding hydrogens is 359 g/mol. The van der Waals surface area contributed by atoms with Crippen molar-refractivity contribution in [3.63, 3.8) is 0 Å². The van der Waals surface area contributed by atoms with Gasteiger partial charge in [-0.3, -0.25) is 4.57 Å². The van der Waals surface area contributed by atoms with E-state index in [1.165, 1.54) is 44.9 Å². The summed E-state index contributed by atoms with van der Waals surface area (Å²) in [5, 5.41) is 1.38. The lowest BCUT2D eigenvalue weighted by Gasteiger charge is -2.39. The molecule has 26 heavy (non-hydrogen) atoms. The average Bonchev–Trinajstić information content (AvgIpc) is 2.63. The minimum Gasteiger partial charge on any atom is -0.314 e. The third kappa shape index (κ3) is 5.18. The standard InChI is InChI=1S/C22H35O2PS/c1-17(2)21-15-14-18(3)16-22(21)24-25(23,19-10-6-4-7-11-19)26-20-12-8-5-9-13-20/h4,6-7,10-11,17-18,20-22H,5,8-9,12-16H2,1-3H3/t18-,21+,22-,25?/m1/s1.